The Morgan fingerprint density at radius 3 is 2.86 bits per heavy atom. The van der Waals surface area contributed by atoms with Crippen LogP contribution in [-0.2, 0) is 13.0 Å². The van der Waals surface area contributed by atoms with Gasteiger partial charge in [0, 0.05) is 28.1 Å². The predicted octanol–water partition coefficient (Wildman–Crippen LogP) is 3.92. The zero-order chi connectivity index (χ0) is 14.8. The first-order chi connectivity index (χ1) is 10.2. The van der Waals surface area contributed by atoms with E-state index in [0.717, 1.165) is 28.9 Å². The fourth-order valence-electron chi connectivity index (χ4n) is 2.48. The van der Waals surface area contributed by atoms with Gasteiger partial charge in [-0.25, -0.2) is 0 Å². The number of benzene rings is 2. The highest BCUT2D eigenvalue weighted by molar-refractivity contribution is 6.31. The van der Waals surface area contributed by atoms with Gasteiger partial charge in [-0.15, -0.1) is 0 Å². The molecule has 0 radical (unpaired) electrons. The Labute approximate surface area is 127 Å². The van der Waals surface area contributed by atoms with Crippen molar-refractivity contribution < 1.29 is 9.53 Å². The third kappa shape index (κ3) is 2.63. The minimum Gasteiger partial charge on any atom is -0.489 e. The predicted molar refractivity (Wildman–Crippen MR) is 79.6 cm³/mol. The average Bonchev–Trinajstić information content (AvgIpc) is 2.88. The molecule has 2 aromatic carbocycles. The quantitative estimate of drug-likeness (QED) is 0.863. The minimum atomic E-state index is 0.173. The van der Waals surface area contributed by atoms with Gasteiger partial charge in [0.05, 0.1) is 11.6 Å². The van der Waals surface area contributed by atoms with Crippen molar-refractivity contribution in [2.24, 2.45) is 0 Å². The van der Waals surface area contributed by atoms with Crippen molar-refractivity contribution in [1.82, 2.24) is 0 Å². The molecular formula is C17H12ClNO2. The second-order valence-electron chi connectivity index (χ2n) is 4.91. The highest BCUT2D eigenvalue weighted by Crippen LogP contribution is 2.31. The summed E-state index contributed by atoms with van der Waals surface area (Å²) >= 11 is 6.13. The maximum Gasteiger partial charge on any atom is 0.163 e. The van der Waals surface area contributed by atoms with Gasteiger partial charge in [-0.1, -0.05) is 29.8 Å². The van der Waals surface area contributed by atoms with E-state index in [1.807, 2.05) is 24.3 Å². The van der Waals surface area contributed by atoms with Crippen LogP contribution in [0.1, 0.15) is 33.5 Å². The first-order valence-corrected chi connectivity index (χ1v) is 7.03. The lowest BCUT2D eigenvalue weighted by molar-refractivity contribution is 0.0994. The van der Waals surface area contributed by atoms with Crippen molar-refractivity contribution in [3.8, 4) is 11.8 Å². The lowest BCUT2D eigenvalue weighted by Gasteiger charge is -2.11. The lowest BCUT2D eigenvalue weighted by Crippen LogP contribution is -2.00. The van der Waals surface area contributed by atoms with Crippen LogP contribution < -0.4 is 4.74 Å². The molecule has 3 nitrogen and oxygen atoms in total. The molecule has 0 atom stereocenters. The molecule has 1 aliphatic carbocycles. The van der Waals surface area contributed by atoms with Crippen LogP contribution in [0.25, 0.3) is 0 Å². The number of ketones is 1. The summed E-state index contributed by atoms with van der Waals surface area (Å²) in [5.41, 5.74) is 3.08. The smallest absolute Gasteiger partial charge is 0.163 e. The number of Topliss-reactive ketones (excluding diaryl/α,β-unsaturated/α-hetero) is 1. The third-order valence-corrected chi connectivity index (χ3v) is 3.95. The monoisotopic (exact) mass is 297 g/mol. The van der Waals surface area contributed by atoms with Crippen LogP contribution in [0.3, 0.4) is 0 Å². The van der Waals surface area contributed by atoms with Gasteiger partial charge in [-0.05, 0) is 24.6 Å². The van der Waals surface area contributed by atoms with Gasteiger partial charge in [0.1, 0.15) is 12.4 Å². The van der Waals surface area contributed by atoms with Crippen molar-refractivity contribution in [2.45, 2.75) is 19.4 Å². The molecule has 0 saturated heterocycles. The van der Waals surface area contributed by atoms with Gasteiger partial charge in [0.15, 0.2) is 5.78 Å². The van der Waals surface area contributed by atoms with Crippen molar-refractivity contribution in [3.05, 3.63) is 63.7 Å². The number of carbonyl (C=O) groups excluding carboxylic acids is 1. The van der Waals surface area contributed by atoms with Gasteiger partial charge >= 0.3 is 0 Å². The molecule has 0 N–H and O–H groups in total. The lowest BCUT2D eigenvalue weighted by atomic mass is 10.1. The summed E-state index contributed by atoms with van der Waals surface area (Å²) in [6.45, 7) is 0.315. The molecular weight excluding hydrogens is 286 g/mol. The van der Waals surface area contributed by atoms with Gasteiger partial charge < -0.3 is 4.74 Å². The van der Waals surface area contributed by atoms with E-state index in [4.69, 9.17) is 21.6 Å². The van der Waals surface area contributed by atoms with E-state index in [-0.39, 0.29) is 5.78 Å². The van der Waals surface area contributed by atoms with Crippen molar-refractivity contribution >= 4 is 17.4 Å². The first kappa shape index (κ1) is 13.7. The number of rotatable bonds is 3. The third-order valence-electron chi connectivity index (χ3n) is 3.60. The first-order valence-electron chi connectivity index (χ1n) is 6.65. The van der Waals surface area contributed by atoms with Gasteiger partial charge in [-0.2, -0.15) is 5.26 Å². The van der Waals surface area contributed by atoms with Crippen LogP contribution in [0, 0.1) is 11.3 Å². The van der Waals surface area contributed by atoms with E-state index < -0.39 is 0 Å². The normalized spacial score (nSPS) is 12.9. The van der Waals surface area contributed by atoms with E-state index in [1.165, 1.54) is 0 Å². The van der Waals surface area contributed by atoms with Crippen molar-refractivity contribution in [1.29, 1.82) is 5.26 Å². The molecule has 0 aliphatic heterocycles. The maximum atomic E-state index is 11.7. The van der Waals surface area contributed by atoms with Crippen LogP contribution in [0.5, 0.6) is 5.75 Å². The highest BCUT2D eigenvalue weighted by Gasteiger charge is 2.22. The molecule has 104 valence electrons. The summed E-state index contributed by atoms with van der Waals surface area (Å²) in [7, 11) is 0. The maximum absolute atomic E-state index is 11.7. The average molecular weight is 298 g/mol. The summed E-state index contributed by atoms with van der Waals surface area (Å²) in [6.07, 6.45) is 1.28. The largest absolute Gasteiger partial charge is 0.489 e. The van der Waals surface area contributed by atoms with Crippen LogP contribution in [0.15, 0.2) is 36.4 Å². The molecule has 0 fully saturated rings. The summed E-state index contributed by atoms with van der Waals surface area (Å²) in [4.78, 5) is 11.7. The van der Waals surface area contributed by atoms with Crippen molar-refractivity contribution in [2.75, 3.05) is 0 Å². The number of fused-ring (bicyclic) bond motifs is 1. The molecule has 4 heteroatoms. The molecule has 0 bridgehead atoms. The Bertz CT molecular complexity index is 762. The van der Waals surface area contributed by atoms with E-state index in [1.54, 1.807) is 18.2 Å². The van der Waals surface area contributed by atoms with E-state index in [0.29, 0.717) is 23.6 Å². The number of hydrogen-bond donors (Lipinski definition) is 0. The Kier molecular flexibility index (Phi) is 3.64. The Morgan fingerprint density at radius 2 is 2.10 bits per heavy atom. The zero-order valence-corrected chi connectivity index (χ0v) is 12.0. The van der Waals surface area contributed by atoms with E-state index >= 15 is 0 Å². The summed E-state index contributed by atoms with van der Waals surface area (Å²) in [6, 6.07) is 12.7. The molecule has 2 aromatic rings. The number of hydrogen-bond acceptors (Lipinski definition) is 3. The van der Waals surface area contributed by atoms with Gasteiger partial charge in [0.2, 0.25) is 0 Å². The second-order valence-corrected chi connectivity index (χ2v) is 5.32. The fraction of sp³-hybridized carbons (Fsp3) is 0.176. The summed E-state index contributed by atoms with van der Waals surface area (Å²) in [5.74, 6) is 0.908. The second kappa shape index (κ2) is 5.59. The number of nitrogens with zero attached hydrogens (tertiary/aromatic N) is 1. The van der Waals surface area contributed by atoms with E-state index in [2.05, 4.69) is 0 Å². The highest BCUT2D eigenvalue weighted by atomic mass is 35.5. The molecule has 0 aromatic heterocycles. The zero-order valence-electron chi connectivity index (χ0n) is 11.2. The molecule has 0 heterocycles. The standard InChI is InChI=1S/C17H12ClNO2/c18-15-8-11(9-19)4-5-12(15)10-21-17-3-1-2-13-14(17)6-7-16(13)20/h1-5,8H,6-7,10H2. The molecule has 0 saturated carbocycles. The minimum absolute atomic E-state index is 0.173. The van der Waals surface area contributed by atoms with Crippen molar-refractivity contribution in [3.63, 3.8) is 0 Å². The number of halogens is 1. The Morgan fingerprint density at radius 1 is 1.24 bits per heavy atom. The summed E-state index contributed by atoms with van der Waals surface area (Å²) < 4.78 is 5.82. The van der Waals surface area contributed by atoms with Gasteiger partial charge in [0.25, 0.3) is 0 Å². The topological polar surface area (TPSA) is 50.1 Å². The Balaban J connectivity index is 1.81. The molecule has 0 unspecified atom stereocenters. The number of nitriles is 1. The molecule has 0 spiro atoms. The number of ether oxygens (including phenoxy) is 1. The molecule has 0 amide bonds. The van der Waals surface area contributed by atoms with Gasteiger partial charge in [-0.3, -0.25) is 4.79 Å². The fourth-order valence-corrected chi connectivity index (χ4v) is 2.72. The van der Waals surface area contributed by atoms with E-state index in [9.17, 15) is 4.79 Å². The summed E-state index contributed by atoms with van der Waals surface area (Å²) in [5, 5.41) is 9.33. The van der Waals surface area contributed by atoms with Crippen LogP contribution in [0.4, 0.5) is 0 Å². The number of carbonyl (C=O) groups is 1. The van der Waals surface area contributed by atoms with Crippen LogP contribution in [-0.4, -0.2) is 5.78 Å². The van der Waals surface area contributed by atoms with Crippen LogP contribution >= 0.6 is 11.6 Å². The SMILES string of the molecule is N#Cc1ccc(COc2cccc3c2CCC3=O)c(Cl)c1. The molecule has 3 rings (SSSR count). The van der Waals surface area contributed by atoms with Crippen LogP contribution in [0.2, 0.25) is 5.02 Å². The molecule has 21 heavy (non-hydrogen) atoms. The Hall–Kier alpha value is -2.31. The molecule has 1 aliphatic rings.